The van der Waals surface area contributed by atoms with Crippen molar-refractivity contribution in [2.75, 3.05) is 18.0 Å². The van der Waals surface area contributed by atoms with Gasteiger partial charge in [0.15, 0.2) is 5.78 Å². The second-order valence-corrected chi connectivity index (χ2v) is 9.06. The molecule has 33 heavy (non-hydrogen) atoms. The lowest BCUT2D eigenvalue weighted by atomic mass is 9.80. The van der Waals surface area contributed by atoms with Gasteiger partial charge in [0, 0.05) is 43.1 Å². The number of carbonyl (C=O) groups excluding carboxylic acids is 2. The fourth-order valence-corrected chi connectivity index (χ4v) is 4.84. The van der Waals surface area contributed by atoms with Gasteiger partial charge in [-0.1, -0.05) is 30.3 Å². The van der Waals surface area contributed by atoms with Crippen molar-refractivity contribution in [1.82, 2.24) is 0 Å². The van der Waals surface area contributed by atoms with Crippen molar-refractivity contribution in [3.63, 3.8) is 0 Å². The number of aryl methyl sites for hydroxylation is 1. The molecular weight excluding hydrogens is 408 g/mol. The fourth-order valence-electron chi connectivity index (χ4n) is 4.84. The molecule has 0 spiro atoms. The minimum atomic E-state index is 0.0773. The molecule has 0 bridgehead atoms. The van der Waals surface area contributed by atoms with Crippen LogP contribution >= 0.6 is 0 Å². The van der Waals surface area contributed by atoms with E-state index in [-0.39, 0.29) is 11.7 Å². The molecule has 0 radical (unpaired) electrons. The highest BCUT2D eigenvalue weighted by Gasteiger charge is 2.22. The Morgan fingerprint density at radius 2 is 1.82 bits per heavy atom. The molecule has 0 amide bonds. The van der Waals surface area contributed by atoms with Crippen molar-refractivity contribution in [3.05, 3.63) is 82.4 Å². The molecule has 4 nitrogen and oxygen atoms in total. The Kier molecular flexibility index (Phi) is 6.89. The van der Waals surface area contributed by atoms with Gasteiger partial charge in [-0.05, 0) is 79.6 Å². The third-order valence-electron chi connectivity index (χ3n) is 6.82. The summed E-state index contributed by atoms with van der Waals surface area (Å²) in [6.07, 6.45) is 8.23. The maximum absolute atomic E-state index is 12.3. The van der Waals surface area contributed by atoms with Crippen molar-refractivity contribution in [3.8, 4) is 6.07 Å². The van der Waals surface area contributed by atoms with E-state index in [9.17, 15) is 14.9 Å². The highest BCUT2D eigenvalue weighted by Crippen LogP contribution is 2.39. The highest BCUT2D eigenvalue weighted by atomic mass is 16.1. The zero-order chi connectivity index (χ0) is 23.4. The van der Waals surface area contributed by atoms with E-state index in [0.717, 1.165) is 60.3 Å². The van der Waals surface area contributed by atoms with Crippen molar-refractivity contribution in [1.29, 1.82) is 5.26 Å². The smallest absolute Gasteiger partial charge is 0.159 e. The molecule has 2 aromatic carbocycles. The molecule has 0 N–H and O–H groups in total. The molecular formula is C29H30N2O2. The first-order valence-electron chi connectivity index (χ1n) is 11.8. The second-order valence-electron chi connectivity index (χ2n) is 9.06. The maximum atomic E-state index is 12.3. The number of Topliss-reactive ketones (excluding diaryl/α,β-unsaturated/α-hetero) is 2. The summed E-state index contributed by atoms with van der Waals surface area (Å²) < 4.78 is 0. The van der Waals surface area contributed by atoms with Crippen LogP contribution < -0.4 is 4.90 Å². The van der Waals surface area contributed by atoms with E-state index < -0.39 is 0 Å². The first-order valence-corrected chi connectivity index (χ1v) is 11.8. The molecule has 1 aliphatic carbocycles. The van der Waals surface area contributed by atoms with Crippen LogP contribution in [0.25, 0.3) is 5.57 Å². The molecule has 4 heteroatoms. The number of hydrogen-bond donors (Lipinski definition) is 0. The zero-order valence-electron chi connectivity index (χ0n) is 19.4. The number of ketones is 2. The minimum absolute atomic E-state index is 0.0773. The van der Waals surface area contributed by atoms with E-state index in [1.807, 2.05) is 19.1 Å². The van der Waals surface area contributed by atoms with Crippen molar-refractivity contribution in [2.45, 2.75) is 51.9 Å². The first kappa shape index (κ1) is 22.7. The van der Waals surface area contributed by atoms with Crippen LogP contribution in [-0.4, -0.2) is 24.7 Å². The number of carbonyl (C=O) groups is 2. The molecule has 1 saturated heterocycles. The predicted octanol–water partition coefficient (Wildman–Crippen LogP) is 5.90. The first-order chi connectivity index (χ1) is 16.0. The third-order valence-corrected chi connectivity index (χ3v) is 6.82. The Morgan fingerprint density at radius 1 is 1.09 bits per heavy atom. The van der Waals surface area contributed by atoms with Gasteiger partial charge in [-0.3, -0.25) is 9.59 Å². The molecule has 1 heterocycles. The Morgan fingerprint density at radius 3 is 2.45 bits per heavy atom. The average molecular weight is 439 g/mol. The van der Waals surface area contributed by atoms with Gasteiger partial charge in [-0.2, -0.15) is 5.26 Å². The summed E-state index contributed by atoms with van der Waals surface area (Å²) in [5.41, 5.74) is 6.94. The van der Waals surface area contributed by atoms with Crippen molar-refractivity contribution >= 4 is 22.8 Å². The fraction of sp³-hybridized carbons (Fsp3) is 0.345. The molecule has 4 rings (SSSR count). The van der Waals surface area contributed by atoms with E-state index in [1.54, 1.807) is 6.92 Å². The van der Waals surface area contributed by atoms with Crippen LogP contribution in [0.15, 0.2) is 60.2 Å². The van der Waals surface area contributed by atoms with E-state index >= 15 is 0 Å². The Bertz CT molecular complexity index is 1160. The average Bonchev–Trinajstić information content (AvgIpc) is 2.80. The number of anilines is 1. The molecule has 1 aliphatic heterocycles. The number of piperidine rings is 1. The summed E-state index contributed by atoms with van der Waals surface area (Å²) in [6.45, 7) is 5.15. The quantitative estimate of drug-likeness (QED) is 0.596. The number of nitriles is 1. The highest BCUT2D eigenvalue weighted by molar-refractivity contribution is 5.98. The second kappa shape index (κ2) is 10.0. The normalized spacial score (nSPS) is 19.1. The molecule has 2 aromatic rings. The minimum Gasteiger partial charge on any atom is -0.371 e. The van der Waals surface area contributed by atoms with Crippen LogP contribution in [0, 0.1) is 18.3 Å². The van der Waals surface area contributed by atoms with Gasteiger partial charge in [0.05, 0.1) is 11.6 Å². The summed E-state index contributed by atoms with van der Waals surface area (Å²) in [7, 11) is 0. The van der Waals surface area contributed by atoms with Gasteiger partial charge in [-0.25, -0.2) is 0 Å². The van der Waals surface area contributed by atoms with Gasteiger partial charge in [0.2, 0.25) is 0 Å². The summed E-state index contributed by atoms with van der Waals surface area (Å²) in [4.78, 5) is 26.2. The van der Waals surface area contributed by atoms with E-state index in [2.05, 4.69) is 53.5 Å². The van der Waals surface area contributed by atoms with E-state index in [0.29, 0.717) is 24.2 Å². The van der Waals surface area contributed by atoms with Crippen LogP contribution in [-0.2, 0) is 9.59 Å². The van der Waals surface area contributed by atoms with Gasteiger partial charge in [0.25, 0.3) is 0 Å². The number of benzene rings is 2. The topological polar surface area (TPSA) is 61.2 Å². The van der Waals surface area contributed by atoms with Crippen LogP contribution in [0.3, 0.4) is 0 Å². The predicted molar refractivity (Wildman–Crippen MR) is 132 cm³/mol. The molecule has 1 fully saturated rings. The molecule has 1 unspecified atom stereocenters. The van der Waals surface area contributed by atoms with Crippen LogP contribution in [0.2, 0.25) is 0 Å². The molecule has 1 atom stereocenters. The zero-order valence-corrected chi connectivity index (χ0v) is 19.4. The number of allylic oxidation sites excluding steroid dienone is 4. The lowest BCUT2D eigenvalue weighted by Gasteiger charge is -2.29. The molecule has 0 aromatic heterocycles. The maximum Gasteiger partial charge on any atom is 0.159 e. The van der Waals surface area contributed by atoms with Gasteiger partial charge >= 0.3 is 0 Å². The summed E-state index contributed by atoms with van der Waals surface area (Å²) >= 11 is 0. The van der Waals surface area contributed by atoms with Gasteiger partial charge in [0.1, 0.15) is 5.78 Å². The van der Waals surface area contributed by atoms with Crippen LogP contribution in [0.4, 0.5) is 5.69 Å². The Labute approximate surface area is 196 Å². The largest absolute Gasteiger partial charge is 0.371 e. The molecule has 2 aliphatic rings. The van der Waals surface area contributed by atoms with Crippen molar-refractivity contribution < 1.29 is 9.59 Å². The lowest BCUT2D eigenvalue weighted by molar-refractivity contribution is -0.119. The van der Waals surface area contributed by atoms with Crippen molar-refractivity contribution in [2.24, 2.45) is 0 Å². The van der Waals surface area contributed by atoms with Gasteiger partial charge in [-0.15, -0.1) is 0 Å². The van der Waals surface area contributed by atoms with Gasteiger partial charge < -0.3 is 4.90 Å². The van der Waals surface area contributed by atoms with E-state index in [4.69, 9.17) is 0 Å². The molecule has 0 saturated carbocycles. The third kappa shape index (κ3) is 5.14. The summed E-state index contributed by atoms with van der Waals surface area (Å²) in [5.74, 6) is 0.588. The SMILES string of the molecule is CC(=O)C1=CCCCC(c2ccc(N3CCC(=O)CC3)cc2)C(c2ccc(C#N)c(C)c2)=C1. The number of hydrogen-bond acceptors (Lipinski definition) is 4. The lowest BCUT2D eigenvalue weighted by Crippen LogP contribution is -2.33. The number of rotatable bonds is 4. The molecule has 168 valence electrons. The van der Waals surface area contributed by atoms with E-state index in [1.165, 1.54) is 5.56 Å². The Balaban J connectivity index is 1.72. The Hall–Kier alpha value is -3.45. The standard InChI is InChI=1S/C29H30N2O2/c1-20-17-24(7-8-25(20)19-30)29-18-23(21(2)32)5-3-4-6-28(29)22-9-11-26(12-10-22)31-15-13-27(33)14-16-31/h5,7-12,17-18,28H,3-4,6,13-16H2,1-2H3. The summed E-state index contributed by atoms with van der Waals surface area (Å²) in [5, 5.41) is 9.35. The summed E-state index contributed by atoms with van der Waals surface area (Å²) in [6, 6.07) is 16.9. The van der Waals surface area contributed by atoms with Crippen LogP contribution in [0.1, 0.15) is 67.2 Å². The van der Waals surface area contributed by atoms with Crippen LogP contribution in [0.5, 0.6) is 0 Å². The number of nitrogens with zero attached hydrogens (tertiary/aromatic N) is 2. The monoisotopic (exact) mass is 438 g/mol.